The van der Waals surface area contributed by atoms with Gasteiger partial charge in [-0.25, -0.2) is 0 Å². The molecule has 1 heterocycles. The summed E-state index contributed by atoms with van der Waals surface area (Å²) in [6.45, 7) is 1.71. The Balaban J connectivity index is 1.33. The third-order valence-corrected chi connectivity index (χ3v) is 7.41. The van der Waals surface area contributed by atoms with Crippen molar-refractivity contribution in [2.75, 3.05) is 24.6 Å². The lowest BCUT2D eigenvalue weighted by molar-refractivity contribution is -0.137. The smallest absolute Gasteiger partial charge is 0.416 e. The molecule has 8 heteroatoms. The summed E-state index contributed by atoms with van der Waals surface area (Å²) in [5.74, 6) is 0.409. The molecule has 0 bridgehead atoms. The molecule has 0 aromatic heterocycles. The van der Waals surface area contributed by atoms with Crippen LogP contribution >= 0.6 is 11.6 Å². The number of hydrogen-bond donors (Lipinski definition) is 1. The molecule has 2 atom stereocenters. The highest BCUT2D eigenvalue weighted by atomic mass is 35.5. The van der Waals surface area contributed by atoms with Gasteiger partial charge in [0.25, 0.3) is 5.91 Å². The highest BCUT2D eigenvalue weighted by molar-refractivity contribution is 6.31. The summed E-state index contributed by atoms with van der Waals surface area (Å²) in [6, 6.07) is 17.7. The van der Waals surface area contributed by atoms with E-state index in [1.165, 1.54) is 28.2 Å². The Morgan fingerprint density at radius 3 is 2.76 bits per heavy atom. The number of amides is 1. The van der Waals surface area contributed by atoms with E-state index >= 15 is 0 Å². The van der Waals surface area contributed by atoms with Crippen molar-refractivity contribution in [2.45, 2.75) is 43.8 Å². The molecule has 1 amide bonds. The van der Waals surface area contributed by atoms with Gasteiger partial charge in [0, 0.05) is 17.1 Å². The first-order valence-electron chi connectivity index (χ1n) is 12.5. The van der Waals surface area contributed by atoms with Crippen molar-refractivity contribution in [2.24, 2.45) is 0 Å². The number of anilines is 1. The van der Waals surface area contributed by atoms with Crippen LogP contribution in [0.5, 0.6) is 5.75 Å². The third kappa shape index (κ3) is 5.63. The average molecular weight is 529 g/mol. The van der Waals surface area contributed by atoms with Gasteiger partial charge < -0.3 is 10.1 Å². The monoisotopic (exact) mass is 528 g/mol. The number of halogens is 4. The van der Waals surface area contributed by atoms with E-state index in [9.17, 15) is 18.0 Å². The van der Waals surface area contributed by atoms with Gasteiger partial charge in [-0.15, -0.1) is 0 Å². The van der Waals surface area contributed by atoms with Crippen LogP contribution in [0.3, 0.4) is 0 Å². The van der Waals surface area contributed by atoms with Crippen molar-refractivity contribution >= 4 is 23.2 Å². The number of fused-ring (bicyclic) bond motifs is 2. The molecular formula is C29H28ClF3N2O2. The Morgan fingerprint density at radius 2 is 1.92 bits per heavy atom. The number of nitrogens with one attached hydrogen (secondary N) is 1. The van der Waals surface area contributed by atoms with Crippen molar-refractivity contribution in [3.8, 4) is 5.75 Å². The van der Waals surface area contributed by atoms with Gasteiger partial charge in [0.2, 0.25) is 0 Å². The van der Waals surface area contributed by atoms with Crippen molar-refractivity contribution in [1.82, 2.24) is 5.32 Å². The number of carbonyl (C=O) groups excluding carboxylic acids is 1. The van der Waals surface area contributed by atoms with Crippen LogP contribution in [-0.2, 0) is 12.6 Å². The van der Waals surface area contributed by atoms with Crippen molar-refractivity contribution in [1.29, 1.82) is 0 Å². The summed E-state index contributed by atoms with van der Waals surface area (Å²) in [7, 11) is 0. The molecule has 2 aliphatic rings. The van der Waals surface area contributed by atoms with E-state index in [4.69, 9.17) is 16.3 Å². The van der Waals surface area contributed by atoms with Crippen LogP contribution in [-0.4, -0.2) is 31.6 Å². The van der Waals surface area contributed by atoms with E-state index in [0.717, 1.165) is 37.9 Å². The van der Waals surface area contributed by atoms with Crippen molar-refractivity contribution in [3.63, 3.8) is 0 Å². The molecule has 3 aromatic rings. The molecule has 0 saturated heterocycles. The fourth-order valence-corrected chi connectivity index (χ4v) is 5.49. The van der Waals surface area contributed by atoms with Crippen LogP contribution in [0.1, 0.15) is 52.2 Å². The summed E-state index contributed by atoms with van der Waals surface area (Å²) in [5, 5.41) is 3.95. The second kappa shape index (κ2) is 10.8. The lowest BCUT2D eigenvalue weighted by atomic mass is 9.83. The number of rotatable bonds is 6. The van der Waals surface area contributed by atoms with E-state index < -0.39 is 17.6 Å². The maximum absolute atomic E-state index is 13.6. The van der Waals surface area contributed by atoms with Gasteiger partial charge >= 0.3 is 6.18 Å². The molecule has 1 aliphatic heterocycles. The molecule has 5 rings (SSSR count). The average Bonchev–Trinajstić information content (AvgIpc) is 2.90. The highest BCUT2D eigenvalue weighted by Gasteiger charge is 2.35. The maximum atomic E-state index is 13.6. The van der Waals surface area contributed by atoms with Gasteiger partial charge in [-0.1, -0.05) is 41.9 Å². The fourth-order valence-electron chi connectivity index (χ4n) is 5.32. The Kier molecular flexibility index (Phi) is 7.45. The van der Waals surface area contributed by atoms with E-state index in [1.54, 1.807) is 18.2 Å². The number of aryl methyl sites for hydroxylation is 1. The first-order chi connectivity index (χ1) is 17.8. The second-order valence-corrected chi connectivity index (χ2v) is 10.0. The number of alkyl halides is 3. The van der Waals surface area contributed by atoms with E-state index in [-0.39, 0.29) is 18.2 Å². The van der Waals surface area contributed by atoms with Crippen LogP contribution in [0.25, 0.3) is 0 Å². The normalized spacial score (nSPS) is 19.1. The molecule has 2 unspecified atom stereocenters. The summed E-state index contributed by atoms with van der Waals surface area (Å²) in [6.07, 6.45) is -0.561. The van der Waals surface area contributed by atoms with Crippen molar-refractivity contribution in [3.05, 3.63) is 94.0 Å². The molecule has 1 aliphatic carbocycles. The van der Waals surface area contributed by atoms with E-state index in [1.807, 2.05) is 0 Å². The minimum Gasteiger partial charge on any atom is -0.489 e. The molecule has 0 spiro atoms. The third-order valence-electron chi connectivity index (χ3n) is 7.17. The van der Waals surface area contributed by atoms with Gasteiger partial charge in [0.1, 0.15) is 12.4 Å². The molecular weight excluding hydrogens is 501 g/mol. The SMILES string of the molecule is O=C(c1cccc(C(F)(F)F)c1)N1c2cc(Cl)ccc2OCC1CCNCC1CCCc2ccccc21. The zero-order valence-electron chi connectivity index (χ0n) is 20.2. The zero-order chi connectivity index (χ0) is 26.0. The van der Waals surface area contributed by atoms with Gasteiger partial charge in [0.15, 0.2) is 0 Å². The van der Waals surface area contributed by atoms with E-state index in [2.05, 4.69) is 29.6 Å². The van der Waals surface area contributed by atoms with Gasteiger partial charge in [-0.3, -0.25) is 9.69 Å². The lowest BCUT2D eigenvalue weighted by Crippen LogP contribution is -2.48. The largest absolute Gasteiger partial charge is 0.489 e. The fraction of sp³-hybridized carbons (Fsp3) is 0.345. The molecule has 37 heavy (non-hydrogen) atoms. The van der Waals surface area contributed by atoms with Crippen LogP contribution in [0.4, 0.5) is 18.9 Å². The molecule has 0 radical (unpaired) electrons. The number of hydrogen-bond acceptors (Lipinski definition) is 3. The minimum atomic E-state index is -4.54. The van der Waals surface area contributed by atoms with Crippen molar-refractivity contribution < 1.29 is 22.7 Å². The Labute approximate surface area is 219 Å². The zero-order valence-corrected chi connectivity index (χ0v) is 21.0. The van der Waals surface area contributed by atoms with Gasteiger partial charge in [0.05, 0.1) is 17.3 Å². The number of nitrogens with zero attached hydrogens (tertiary/aromatic N) is 1. The Bertz CT molecular complexity index is 1280. The molecule has 4 nitrogen and oxygen atoms in total. The van der Waals surface area contributed by atoms with E-state index in [0.29, 0.717) is 35.3 Å². The predicted octanol–water partition coefficient (Wildman–Crippen LogP) is 6.87. The minimum absolute atomic E-state index is 0.0283. The second-order valence-electron chi connectivity index (χ2n) is 9.61. The predicted molar refractivity (Wildman–Crippen MR) is 139 cm³/mol. The lowest BCUT2D eigenvalue weighted by Gasteiger charge is -2.37. The molecule has 0 saturated carbocycles. The first kappa shape index (κ1) is 25.6. The number of carbonyl (C=O) groups is 1. The molecule has 3 aromatic carbocycles. The quantitative estimate of drug-likeness (QED) is 0.355. The standard InChI is InChI=1S/C29H28ClF3N2O2/c30-23-11-12-27-26(16-23)35(28(36)20-7-4-9-22(15-20)29(31,32)33)24(18-37-27)13-14-34-17-21-8-3-6-19-5-1-2-10-25(19)21/h1-2,4-5,7,9-12,15-16,21,24,34H,3,6,8,13-14,17-18H2. The molecule has 1 N–H and O–H groups in total. The summed E-state index contributed by atoms with van der Waals surface area (Å²) < 4.78 is 45.9. The molecule has 0 fully saturated rings. The van der Waals surface area contributed by atoms with Crippen LogP contribution in [0.15, 0.2) is 66.7 Å². The summed E-state index contributed by atoms with van der Waals surface area (Å²) in [4.78, 5) is 15.2. The maximum Gasteiger partial charge on any atom is 0.416 e. The van der Waals surface area contributed by atoms with Gasteiger partial charge in [-0.05, 0) is 85.7 Å². The summed E-state index contributed by atoms with van der Waals surface area (Å²) in [5.41, 5.74) is 2.38. The number of benzene rings is 3. The molecule has 194 valence electrons. The topological polar surface area (TPSA) is 41.6 Å². The van der Waals surface area contributed by atoms with Gasteiger partial charge in [-0.2, -0.15) is 13.2 Å². The summed E-state index contributed by atoms with van der Waals surface area (Å²) >= 11 is 6.22. The van der Waals surface area contributed by atoms with Crippen LogP contribution < -0.4 is 15.0 Å². The van der Waals surface area contributed by atoms with Crippen LogP contribution in [0, 0.1) is 0 Å². The Morgan fingerprint density at radius 1 is 1.08 bits per heavy atom. The number of ether oxygens (including phenoxy) is 1. The first-order valence-corrected chi connectivity index (χ1v) is 12.9. The van der Waals surface area contributed by atoms with Crippen LogP contribution in [0.2, 0.25) is 5.02 Å². The highest BCUT2D eigenvalue weighted by Crippen LogP contribution is 2.38. The Hall–Kier alpha value is -3.03.